The van der Waals surface area contributed by atoms with E-state index in [-0.39, 0.29) is 5.91 Å². The number of carbonyl (C=O) groups excluding carboxylic acids is 2. The van der Waals surface area contributed by atoms with E-state index in [4.69, 9.17) is 20.3 Å². The maximum Gasteiger partial charge on any atom is 0.324 e. The van der Waals surface area contributed by atoms with Crippen LogP contribution in [-0.2, 0) is 35.3 Å². The van der Waals surface area contributed by atoms with E-state index in [2.05, 4.69) is 10.6 Å². The summed E-state index contributed by atoms with van der Waals surface area (Å²) in [4.78, 5) is 34.4. The number of hydrogen-bond acceptors (Lipinski definition) is 6. The molecule has 5 N–H and O–H groups in total. The third-order valence-corrected chi connectivity index (χ3v) is 7.12. The minimum absolute atomic E-state index is 0.218. The molecule has 2 unspecified atom stereocenters. The van der Waals surface area contributed by atoms with Crippen molar-refractivity contribution in [3.63, 3.8) is 0 Å². The van der Waals surface area contributed by atoms with Crippen LogP contribution in [0.4, 0.5) is 4.79 Å². The molecule has 0 bridgehead atoms. The van der Waals surface area contributed by atoms with Crippen LogP contribution in [-0.4, -0.2) is 47.3 Å². The minimum Gasteiger partial charge on any atom is -0.494 e. The minimum atomic E-state index is -1.13. The highest BCUT2D eigenvalue weighted by Gasteiger charge is 2.48. The topological polar surface area (TPSA) is 140 Å². The third kappa shape index (κ3) is 4.88. The Bertz CT molecular complexity index is 1180. The van der Waals surface area contributed by atoms with E-state index < -0.39 is 23.1 Å². The first-order valence-corrected chi connectivity index (χ1v) is 12.3. The van der Waals surface area contributed by atoms with Gasteiger partial charge in [0.15, 0.2) is 0 Å². The average Bonchev–Trinajstić information content (AvgIpc) is 3.11. The van der Waals surface area contributed by atoms with Crippen molar-refractivity contribution < 1.29 is 29.0 Å². The van der Waals surface area contributed by atoms with Gasteiger partial charge < -0.3 is 25.6 Å². The number of carbonyl (C=O) groups is 3. The summed E-state index contributed by atoms with van der Waals surface area (Å²) in [7, 11) is 0. The fraction of sp³-hybridized carbons (Fsp3) is 0.444. The summed E-state index contributed by atoms with van der Waals surface area (Å²) in [6, 6.07) is 11.2. The van der Waals surface area contributed by atoms with Gasteiger partial charge in [0.05, 0.1) is 13.2 Å². The highest BCUT2D eigenvalue weighted by Crippen LogP contribution is 2.36. The number of carboxylic acid groups (broad SMARTS) is 1. The first-order valence-electron chi connectivity index (χ1n) is 12.3. The monoisotopic (exact) mass is 495 g/mol. The number of carboxylic acids is 1. The zero-order valence-corrected chi connectivity index (χ0v) is 20.7. The molecule has 1 fully saturated rings. The molecule has 3 aliphatic rings. The summed E-state index contributed by atoms with van der Waals surface area (Å²) in [5.41, 5.74) is 8.34. The number of urea groups is 1. The van der Waals surface area contributed by atoms with Crippen molar-refractivity contribution in [1.29, 1.82) is 0 Å². The van der Waals surface area contributed by atoms with Crippen LogP contribution in [0.5, 0.6) is 11.5 Å². The lowest BCUT2D eigenvalue weighted by Crippen LogP contribution is -2.52. The van der Waals surface area contributed by atoms with E-state index in [9.17, 15) is 14.4 Å². The SMILES string of the molecule is CCOc1cccc2c1CCC(N)(C(=O)O)C2.CCOc1cccc2c1CCC1(C2)NC(=O)NC1=O. The number of amides is 3. The zero-order chi connectivity index (χ0) is 25.9. The molecule has 0 radical (unpaired) electrons. The molecule has 9 nitrogen and oxygen atoms in total. The number of hydrogen-bond donors (Lipinski definition) is 4. The van der Waals surface area contributed by atoms with Crippen molar-refractivity contribution in [3.05, 3.63) is 58.7 Å². The van der Waals surface area contributed by atoms with E-state index in [1.165, 1.54) is 0 Å². The third-order valence-electron chi connectivity index (χ3n) is 7.12. The number of nitrogens with two attached hydrogens (primary N) is 1. The lowest BCUT2D eigenvalue weighted by atomic mass is 9.77. The summed E-state index contributed by atoms with van der Waals surface area (Å²) in [6.45, 7) is 5.13. The fourth-order valence-electron chi connectivity index (χ4n) is 5.24. The Labute approximate surface area is 210 Å². The zero-order valence-electron chi connectivity index (χ0n) is 20.7. The molecule has 2 aliphatic carbocycles. The van der Waals surface area contributed by atoms with Gasteiger partial charge in [-0.15, -0.1) is 0 Å². The van der Waals surface area contributed by atoms with E-state index in [0.717, 1.165) is 40.2 Å². The summed E-state index contributed by atoms with van der Waals surface area (Å²) < 4.78 is 11.2. The molecule has 3 amide bonds. The Morgan fingerprint density at radius 2 is 1.50 bits per heavy atom. The maximum absolute atomic E-state index is 12.0. The van der Waals surface area contributed by atoms with Crippen LogP contribution in [0.2, 0.25) is 0 Å². The summed E-state index contributed by atoms with van der Waals surface area (Å²) in [6.07, 6.45) is 3.37. The van der Waals surface area contributed by atoms with Crippen LogP contribution in [0.3, 0.4) is 0 Å². The summed E-state index contributed by atoms with van der Waals surface area (Å²) >= 11 is 0. The van der Waals surface area contributed by atoms with E-state index >= 15 is 0 Å². The summed E-state index contributed by atoms with van der Waals surface area (Å²) in [5, 5.41) is 14.2. The molecule has 1 heterocycles. The molecule has 9 heteroatoms. The molecule has 1 aliphatic heterocycles. The molecule has 5 rings (SSSR count). The van der Waals surface area contributed by atoms with Gasteiger partial charge in [-0.25, -0.2) is 4.79 Å². The van der Waals surface area contributed by atoms with Crippen LogP contribution in [0.1, 0.15) is 48.9 Å². The van der Waals surface area contributed by atoms with Crippen LogP contribution in [0.25, 0.3) is 0 Å². The number of rotatable bonds is 5. The number of ether oxygens (including phenoxy) is 2. The van der Waals surface area contributed by atoms with Gasteiger partial charge in [0.25, 0.3) is 5.91 Å². The van der Waals surface area contributed by atoms with Gasteiger partial charge in [-0.3, -0.25) is 14.9 Å². The van der Waals surface area contributed by atoms with E-state index in [0.29, 0.717) is 45.3 Å². The lowest BCUT2D eigenvalue weighted by molar-refractivity contribution is -0.143. The first kappa shape index (κ1) is 25.5. The standard InChI is InChI=1S/C14H16N2O3.C13H17NO3/c1-2-19-11-5-3-4-9-8-14(7-6-10(9)11)12(17)15-13(18)16-14;1-2-17-11-5-3-4-9-8-13(14,12(15)16)7-6-10(9)11/h3-5H,2,6-8H2,1H3,(H2,15,16,17,18);3-5H,2,6-8,14H2,1H3,(H,15,16). The second-order valence-electron chi connectivity index (χ2n) is 9.46. The molecule has 2 atom stereocenters. The Morgan fingerprint density at radius 1 is 0.944 bits per heavy atom. The highest BCUT2D eigenvalue weighted by molar-refractivity contribution is 6.07. The lowest BCUT2D eigenvalue weighted by Gasteiger charge is -2.32. The molecule has 0 saturated carbocycles. The number of aliphatic carboxylic acids is 1. The van der Waals surface area contributed by atoms with Gasteiger partial charge >= 0.3 is 12.0 Å². The molecule has 0 aromatic heterocycles. The van der Waals surface area contributed by atoms with Gasteiger partial charge in [0, 0.05) is 12.8 Å². The van der Waals surface area contributed by atoms with Gasteiger partial charge in [-0.05, 0) is 73.9 Å². The molecule has 2 aromatic rings. The van der Waals surface area contributed by atoms with Crippen molar-refractivity contribution in [3.8, 4) is 11.5 Å². The van der Waals surface area contributed by atoms with Gasteiger partial charge in [-0.1, -0.05) is 24.3 Å². The molecule has 2 aromatic carbocycles. The molecular weight excluding hydrogens is 462 g/mol. The normalized spacial score (nSPS) is 24.0. The second kappa shape index (κ2) is 10.2. The fourth-order valence-corrected chi connectivity index (χ4v) is 5.24. The number of nitrogens with one attached hydrogen (secondary N) is 2. The second-order valence-corrected chi connectivity index (χ2v) is 9.46. The van der Waals surface area contributed by atoms with Crippen molar-refractivity contribution in [2.45, 2.75) is 63.5 Å². The van der Waals surface area contributed by atoms with Crippen molar-refractivity contribution in [2.75, 3.05) is 13.2 Å². The largest absolute Gasteiger partial charge is 0.494 e. The maximum atomic E-state index is 12.0. The molecular formula is C27H33N3O6. The first-order chi connectivity index (χ1) is 17.2. The Hall–Kier alpha value is -3.59. The van der Waals surface area contributed by atoms with E-state index in [1.807, 2.05) is 50.2 Å². The molecule has 1 spiro atoms. The summed E-state index contributed by atoms with van der Waals surface area (Å²) in [5.74, 6) is 0.604. The van der Waals surface area contributed by atoms with Crippen LogP contribution >= 0.6 is 0 Å². The number of imide groups is 1. The molecule has 192 valence electrons. The highest BCUT2D eigenvalue weighted by atomic mass is 16.5. The van der Waals surface area contributed by atoms with Crippen LogP contribution in [0.15, 0.2) is 36.4 Å². The predicted molar refractivity (Wildman–Crippen MR) is 133 cm³/mol. The van der Waals surface area contributed by atoms with Crippen molar-refractivity contribution in [1.82, 2.24) is 10.6 Å². The quantitative estimate of drug-likeness (QED) is 0.467. The van der Waals surface area contributed by atoms with Crippen LogP contribution in [0, 0.1) is 0 Å². The van der Waals surface area contributed by atoms with E-state index in [1.54, 1.807) is 0 Å². The van der Waals surface area contributed by atoms with Gasteiger partial charge in [-0.2, -0.15) is 0 Å². The van der Waals surface area contributed by atoms with Gasteiger partial charge in [0.1, 0.15) is 22.6 Å². The van der Waals surface area contributed by atoms with Crippen molar-refractivity contribution in [2.24, 2.45) is 5.73 Å². The Balaban J connectivity index is 0.000000170. The number of fused-ring (bicyclic) bond motifs is 2. The van der Waals surface area contributed by atoms with Crippen LogP contribution < -0.4 is 25.8 Å². The smallest absolute Gasteiger partial charge is 0.324 e. The number of benzene rings is 2. The average molecular weight is 496 g/mol. The molecule has 36 heavy (non-hydrogen) atoms. The van der Waals surface area contributed by atoms with Crippen molar-refractivity contribution >= 4 is 17.9 Å². The Kier molecular flexibility index (Phi) is 7.21. The van der Waals surface area contributed by atoms with Gasteiger partial charge in [0.2, 0.25) is 0 Å². The Morgan fingerprint density at radius 3 is 2.00 bits per heavy atom. The predicted octanol–water partition coefficient (Wildman–Crippen LogP) is 2.51. The molecule has 1 saturated heterocycles.